The highest BCUT2D eigenvalue weighted by Crippen LogP contribution is 2.26. The van der Waals surface area contributed by atoms with Gasteiger partial charge in [-0.3, -0.25) is 9.69 Å². The van der Waals surface area contributed by atoms with E-state index in [9.17, 15) is 4.79 Å². The quantitative estimate of drug-likeness (QED) is 0.856. The Morgan fingerprint density at radius 3 is 2.54 bits per heavy atom. The molecule has 2 aliphatic rings. The summed E-state index contributed by atoms with van der Waals surface area (Å²) in [4.78, 5) is 21.8. The summed E-state index contributed by atoms with van der Waals surface area (Å²) in [5, 5.41) is 6.79. The predicted molar refractivity (Wildman–Crippen MR) is 107 cm³/mol. The number of piperazine rings is 1. The second-order valence-electron chi connectivity index (χ2n) is 8.78. The molecule has 5 nitrogen and oxygen atoms in total. The van der Waals surface area contributed by atoms with Gasteiger partial charge in [0.25, 0.3) is 0 Å². The summed E-state index contributed by atoms with van der Waals surface area (Å²) >= 11 is 1.76. The number of rotatable bonds is 5. The average molecular weight is 379 g/mol. The van der Waals surface area contributed by atoms with Gasteiger partial charge in [-0.15, -0.1) is 11.3 Å². The highest BCUT2D eigenvalue weighted by molar-refractivity contribution is 7.09. The SMILES string of the molecule is CC(C)(C)c1nc(CN2CCN(C(=O)CCC3CCNCC3)CC2)cs1. The number of carbonyl (C=O) groups is 1. The zero-order valence-electron chi connectivity index (χ0n) is 16.6. The Kier molecular flexibility index (Phi) is 6.70. The maximum absolute atomic E-state index is 12.5. The number of piperidine rings is 1. The van der Waals surface area contributed by atoms with Crippen LogP contribution >= 0.6 is 11.3 Å². The normalized spacial score (nSPS) is 20.5. The van der Waals surface area contributed by atoms with Crippen LogP contribution in [0.1, 0.15) is 57.2 Å². The predicted octanol–water partition coefficient (Wildman–Crippen LogP) is 2.86. The number of nitrogens with zero attached hydrogens (tertiary/aromatic N) is 3. The van der Waals surface area contributed by atoms with E-state index in [-0.39, 0.29) is 5.41 Å². The highest BCUT2D eigenvalue weighted by atomic mass is 32.1. The lowest BCUT2D eigenvalue weighted by Crippen LogP contribution is -2.48. The van der Waals surface area contributed by atoms with Crippen LogP contribution in [0.3, 0.4) is 0 Å². The average Bonchev–Trinajstić information content (AvgIpc) is 3.10. The molecule has 0 saturated carbocycles. The second-order valence-corrected chi connectivity index (χ2v) is 9.64. The largest absolute Gasteiger partial charge is 0.340 e. The van der Waals surface area contributed by atoms with E-state index in [0.717, 1.165) is 64.6 Å². The Hall–Kier alpha value is -0.980. The molecular formula is C20H34N4OS. The molecule has 6 heteroatoms. The van der Waals surface area contributed by atoms with Crippen LogP contribution in [0.5, 0.6) is 0 Å². The molecule has 2 saturated heterocycles. The van der Waals surface area contributed by atoms with E-state index in [2.05, 4.69) is 41.3 Å². The fourth-order valence-corrected chi connectivity index (χ4v) is 4.66. The maximum atomic E-state index is 12.5. The molecule has 2 fully saturated rings. The van der Waals surface area contributed by atoms with Crippen LogP contribution in [0.15, 0.2) is 5.38 Å². The van der Waals surface area contributed by atoms with Crippen LogP contribution in [0.25, 0.3) is 0 Å². The van der Waals surface area contributed by atoms with Crippen molar-refractivity contribution in [2.24, 2.45) is 5.92 Å². The van der Waals surface area contributed by atoms with Crippen LogP contribution in [-0.4, -0.2) is 60.0 Å². The van der Waals surface area contributed by atoms with E-state index in [1.165, 1.54) is 23.5 Å². The number of aromatic nitrogens is 1. The summed E-state index contributed by atoms with van der Waals surface area (Å²) in [6.45, 7) is 13.4. The molecule has 3 heterocycles. The molecule has 2 aliphatic heterocycles. The number of amides is 1. The van der Waals surface area contributed by atoms with Gasteiger partial charge in [-0.25, -0.2) is 4.98 Å². The summed E-state index contributed by atoms with van der Waals surface area (Å²) < 4.78 is 0. The first kappa shape index (κ1) is 19.8. The van der Waals surface area contributed by atoms with Crippen molar-refractivity contribution < 1.29 is 4.79 Å². The first-order valence-electron chi connectivity index (χ1n) is 10.1. The molecule has 3 rings (SSSR count). The number of hydrogen-bond acceptors (Lipinski definition) is 5. The molecule has 0 radical (unpaired) electrons. The van der Waals surface area contributed by atoms with Gasteiger partial charge >= 0.3 is 0 Å². The van der Waals surface area contributed by atoms with Gasteiger partial charge in [-0.05, 0) is 38.3 Å². The number of nitrogens with one attached hydrogen (secondary N) is 1. The monoisotopic (exact) mass is 378 g/mol. The van der Waals surface area contributed by atoms with Crippen molar-refractivity contribution in [2.75, 3.05) is 39.3 Å². The lowest BCUT2D eigenvalue weighted by molar-refractivity contribution is -0.133. The van der Waals surface area contributed by atoms with E-state index in [1.807, 2.05) is 0 Å². The summed E-state index contributed by atoms with van der Waals surface area (Å²) in [7, 11) is 0. The Labute approximate surface area is 162 Å². The zero-order chi connectivity index (χ0) is 18.6. The minimum Gasteiger partial charge on any atom is -0.340 e. The van der Waals surface area contributed by atoms with Crippen molar-refractivity contribution in [3.8, 4) is 0 Å². The van der Waals surface area contributed by atoms with Gasteiger partial charge in [0.2, 0.25) is 5.91 Å². The summed E-state index contributed by atoms with van der Waals surface area (Å²) in [6.07, 6.45) is 4.25. The maximum Gasteiger partial charge on any atom is 0.222 e. The topological polar surface area (TPSA) is 48.5 Å². The number of thiazole rings is 1. The van der Waals surface area contributed by atoms with Gasteiger partial charge in [0.1, 0.15) is 0 Å². The van der Waals surface area contributed by atoms with Gasteiger partial charge in [-0.2, -0.15) is 0 Å². The fraction of sp³-hybridized carbons (Fsp3) is 0.800. The Bertz CT molecular complexity index is 581. The van der Waals surface area contributed by atoms with Crippen molar-refractivity contribution in [3.63, 3.8) is 0 Å². The van der Waals surface area contributed by atoms with Gasteiger partial charge in [0.05, 0.1) is 10.7 Å². The minimum atomic E-state index is 0.127. The lowest BCUT2D eigenvalue weighted by Gasteiger charge is -2.34. The molecule has 0 aromatic carbocycles. The van der Waals surface area contributed by atoms with Crippen LogP contribution in [-0.2, 0) is 16.8 Å². The van der Waals surface area contributed by atoms with E-state index in [0.29, 0.717) is 5.91 Å². The van der Waals surface area contributed by atoms with Crippen LogP contribution in [0.4, 0.5) is 0 Å². The molecule has 0 unspecified atom stereocenters. The van der Waals surface area contributed by atoms with E-state index >= 15 is 0 Å². The van der Waals surface area contributed by atoms with Crippen molar-refractivity contribution in [1.82, 2.24) is 20.1 Å². The van der Waals surface area contributed by atoms with Crippen molar-refractivity contribution in [3.05, 3.63) is 16.1 Å². The first-order valence-corrected chi connectivity index (χ1v) is 11.0. The van der Waals surface area contributed by atoms with E-state index in [1.54, 1.807) is 11.3 Å². The second kappa shape index (κ2) is 8.81. The summed E-state index contributed by atoms with van der Waals surface area (Å²) in [5.41, 5.74) is 1.30. The molecule has 1 aromatic rings. The van der Waals surface area contributed by atoms with E-state index in [4.69, 9.17) is 4.98 Å². The van der Waals surface area contributed by atoms with Crippen LogP contribution in [0, 0.1) is 5.92 Å². The number of hydrogen-bond donors (Lipinski definition) is 1. The van der Waals surface area contributed by atoms with Gasteiger partial charge in [-0.1, -0.05) is 20.8 Å². The third-order valence-corrected chi connectivity index (χ3v) is 6.85. The third kappa shape index (κ3) is 5.51. The molecule has 0 atom stereocenters. The van der Waals surface area contributed by atoms with Crippen molar-refractivity contribution in [2.45, 2.75) is 58.4 Å². The molecule has 146 valence electrons. The Balaban J connectivity index is 1.39. The Morgan fingerprint density at radius 1 is 1.23 bits per heavy atom. The third-order valence-electron chi connectivity index (χ3n) is 5.53. The first-order chi connectivity index (χ1) is 12.4. The van der Waals surface area contributed by atoms with Gasteiger partial charge < -0.3 is 10.2 Å². The van der Waals surface area contributed by atoms with E-state index < -0.39 is 0 Å². The molecule has 1 aromatic heterocycles. The Morgan fingerprint density at radius 2 is 1.92 bits per heavy atom. The summed E-state index contributed by atoms with van der Waals surface area (Å²) in [6, 6.07) is 0. The molecule has 26 heavy (non-hydrogen) atoms. The minimum absolute atomic E-state index is 0.127. The zero-order valence-corrected chi connectivity index (χ0v) is 17.4. The van der Waals surface area contributed by atoms with Gasteiger partial charge in [0.15, 0.2) is 0 Å². The highest BCUT2D eigenvalue weighted by Gasteiger charge is 2.24. The smallest absolute Gasteiger partial charge is 0.222 e. The van der Waals surface area contributed by atoms with Crippen LogP contribution < -0.4 is 5.32 Å². The van der Waals surface area contributed by atoms with Crippen molar-refractivity contribution in [1.29, 1.82) is 0 Å². The summed E-state index contributed by atoms with van der Waals surface area (Å²) in [5.74, 6) is 1.09. The standard InChI is InChI=1S/C20H34N4OS/c1-20(2,3)19-22-17(15-26-19)14-23-10-12-24(13-11-23)18(25)5-4-16-6-8-21-9-7-16/h15-16,21H,4-14H2,1-3H3. The molecule has 1 N–H and O–H groups in total. The van der Waals surface area contributed by atoms with Gasteiger partial charge in [0, 0.05) is 49.9 Å². The molecule has 1 amide bonds. The molecule has 0 aliphatic carbocycles. The van der Waals surface area contributed by atoms with Crippen molar-refractivity contribution >= 4 is 17.2 Å². The fourth-order valence-electron chi connectivity index (χ4n) is 3.76. The molecule has 0 spiro atoms. The molecule has 0 bridgehead atoms. The number of carbonyl (C=O) groups excluding carboxylic acids is 1. The van der Waals surface area contributed by atoms with Crippen LogP contribution in [0.2, 0.25) is 0 Å². The lowest BCUT2D eigenvalue weighted by atomic mass is 9.93. The molecular weight excluding hydrogens is 344 g/mol.